The van der Waals surface area contributed by atoms with E-state index in [0.717, 1.165) is 6.42 Å². The minimum Gasteiger partial charge on any atom is -0.469 e. The second-order valence-corrected chi connectivity index (χ2v) is 2.79. The SMILES string of the molecule is COC(=O)[C@H]1CC1(C)N. The van der Waals surface area contributed by atoms with E-state index in [1.54, 1.807) is 0 Å². The molecule has 3 nitrogen and oxygen atoms in total. The van der Waals surface area contributed by atoms with Crippen molar-refractivity contribution in [1.29, 1.82) is 0 Å². The quantitative estimate of drug-likeness (QED) is 0.503. The highest BCUT2D eigenvalue weighted by atomic mass is 16.5. The molecule has 1 saturated carbocycles. The fourth-order valence-electron chi connectivity index (χ4n) is 0.876. The summed E-state index contributed by atoms with van der Waals surface area (Å²) in [5, 5.41) is 0. The summed E-state index contributed by atoms with van der Waals surface area (Å²) < 4.78 is 4.49. The third-order valence-electron chi connectivity index (χ3n) is 1.77. The molecule has 2 N–H and O–H groups in total. The van der Waals surface area contributed by atoms with Crippen LogP contribution in [0.1, 0.15) is 13.3 Å². The molecule has 0 bridgehead atoms. The number of nitrogens with two attached hydrogens (primary N) is 1. The van der Waals surface area contributed by atoms with Gasteiger partial charge in [-0.25, -0.2) is 0 Å². The summed E-state index contributed by atoms with van der Waals surface area (Å²) in [7, 11) is 1.39. The van der Waals surface area contributed by atoms with Gasteiger partial charge in [-0.2, -0.15) is 0 Å². The summed E-state index contributed by atoms with van der Waals surface area (Å²) >= 11 is 0. The van der Waals surface area contributed by atoms with E-state index in [9.17, 15) is 4.79 Å². The molecule has 1 unspecified atom stereocenters. The topological polar surface area (TPSA) is 52.3 Å². The molecule has 1 fully saturated rings. The molecule has 0 heterocycles. The fourth-order valence-corrected chi connectivity index (χ4v) is 0.876. The monoisotopic (exact) mass is 129 g/mol. The summed E-state index contributed by atoms with van der Waals surface area (Å²) in [6.45, 7) is 1.86. The lowest BCUT2D eigenvalue weighted by molar-refractivity contribution is -0.142. The van der Waals surface area contributed by atoms with E-state index in [1.165, 1.54) is 7.11 Å². The Kier molecular flexibility index (Phi) is 1.24. The van der Waals surface area contributed by atoms with Gasteiger partial charge in [0.2, 0.25) is 0 Å². The van der Waals surface area contributed by atoms with Gasteiger partial charge in [0, 0.05) is 5.54 Å². The molecule has 0 radical (unpaired) electrons. The Bertz CT molecular complexity index is 142. The number of methoxy groups -OCH3 is 1. The highest BCUT2D eigenvalue weighted by Crippen LogP contribution is 2.40. The minimum atomic E-state index is -0.285. The standard InChI is InChI=1S/C6H11NO2/c1-6(7)3-4(6)5(8)9-2/h4H,3,7H2,1-2H3/t4-,6?/m1/s1. The second-order valence-electron chi connectivity index (χ2n) is 2.79. The summed E-state index contributed by atoms with van der Waals surface area (Å²) in [5.74, 6) is -0.234. The minimum absolute atomic E-state index is 0.0532. The largest absolute Gasteiger partial charge is 0.469 e. The number of hydrogen-bond donors (Lipinski definition) is 1. The smallest absolute Gasteiger partial charge is 0.310 e. The molecule has 52 valence electrons. The molecule has 0 aliphatic heterocycles. The predicted octanol–water partition coefficient (Wildman–Crippen LogP) is -0.103. The molecule has 9 heavy (non-hydrogen) atoms. The fraction of sp³-hybridized carbons (Fsp3) is 0.833. The maximum Gasteiger partial charge on any atom is 0.310 e. The van der Waals surface area contributed by atoms with Crippen molar-refractivity contribution in [3.8, 4) is 0 Å². The van der Waals surface area contributed by atoms with Crippen LogP contribution in [-0.4, -0.2) is 18.6 Å². The lowest BCUT2D eigenvalue weighted by Crippen LogP contribution is -2.23. The van der Waals surface area contributed by atoms with Gasteiger partial charge in [0.05, 0.1) is 13.0 Å². The average Bonchev–Trinajstić information content (AvgIpc) is 2.38. The predicted molar refractivity (Wildman–Crippen MR) is 32.7 cm³/mol. The van der Waals surface area contributed by atoms with Crippen LogP contribution < -0.4 is 5.73 Å². The summed E-state index contributed by atoms with van der Waals surface area (Å²) in [6, 6.07) is 0. The molecule has 0 saturated heterocycles. The lowest BCUT2D eigenvalue weighted by atomic mass is 10.3. The van der Waals surface area contributed by atoms with Crippen LogP contribution in [0.25, 0.3) is 0 Å². The van der Waals surface area contributed by atoms with Crippen molar-refractivity contribution in [1.82, 2.24) is 0 Å². The van der Waals surface area contributed by atoms with E-state index in [2.05, 4.69) is 4.74 Å². The maximum absolute atomic E-state index is 10.7. The van der Waals surface area contributed by atoms with E-state index in [0.29, 0.717) is 0 Å². The molecule has 1 rings (SSSR count). The van der Waals surface area contributed by atoms with Crippen LogP contribution in [0.4, 0.5) is 0 Å². The molecule has 0 aromatic heterocycles. The van der Waals surface area contributed by atoms with Crippen molar-refractivity contribution in [2.45, 2.75) is 18.9 Å². The summed E-state index contributed by atoms with van der Waals surface area (Å²) in [4.78, 5) is 10.7. The Morgan fingerprint density at radius 2 is 2.33 bits per heavy atom. The molecule has 2 atom stereocenters. The van der Waals surface area contributed by atoms with Crippen molar-refractivity contribution < 1.29 is 9.53 Å². The molecular weight excluding hydrogens is 118 g/mol. The Balaban J connectivity index is 2.42. The first kappa shape index (κ1) is 6.55. The number of hydrogen-bond acceptors (Lipinski definition) is 3. The van der Waals surface area contributed by atoms with Crippen LogP contribution in [0.15, 0.2) is 0 Å². The Morgan fingerprint density at radius 3 is 2.44 bits per heavy atom. The van der Waals surface area contributed by atoms with Gasteiger partial charge in [0.25, 0.3) is 0 Å². The van der Waals surface area contributed by atoms with Gasteiger partial charge < -0.3 is 10.5 Å². The molecule has 3 heteroatoms. The Morgan fingerprint density at radius 1 is 1.89 bits per heavy atom. The Hall–Kier alpha value is -0.570. The molecule has 1 aliphatic carbocycles. The molecule has 1 aliphatic rings. The zero-order valence-corrected chi connectivity index (χ0v) is 5.68. The van der Waals surface area contributed by atoms with Crippen LogP contribution in [0, 0.1) is 5.92 Å². The molecule has 0 spiro atoms. The van der Waals surface area contributed by atoms with Crippen LogP contribution in [0.5, 0.6) is 0 Å². The van der Waals surface area contributed by atoms with Crippen molar-refractivity contribution in [3.05, 3.63) is 0 Å². The van der Waals surface area contributed by atoms with E-state index in [1.807, 2.05) is 6.92 Å². The number of rotatable bonds is 1. The number of carbonyl (C=O) groups is 1. The molecule has 0 aromatic carbocycles. The van der Waals surface area contributed by atoms with Crippen molar-refractivity contribution in [2.24, 2.45) is 11.7 Å². The first-order valence-corrected chi connectivity index (χ1v) is 2.94. The third kappa shape index (κ3) is 1.05. The normalized spacial score (nSPS) is 40.1. The lowest BCUT2D eigenvalue weighted by Gasteiger charge is -1.99. The summed E-state index contributed by atoms with van der Waals surface area (Å²) in [6.07, 6.45) is 0.764. The first-order valence-electron chi connectivity index (χ1n) is 2.94. The number of carbonyl (C=O) groups excluding carboxylic acids is 1. The molecule has 0 amide bonds. The van der Waals surface area contributed by atoms with Gasteiger partial charge in [0.15, 0.2) is 0 Å². The average molecular weight is 129 g/mol. The number of esters is 1. The maximum atomic E-state index is 10.7. The van der Waals surface area contributed by atoms with Crippen molar-refractivity contribution in [2.75, 3.05) is 7.11 Å². The van der Waals surface area contributed by atoms with Gasteiger partial charge in [0.1, 0.15) is 0 Å². The van der Waals surface area contributed by atoms with Crippen LogP contribution in [0.2, 0.25) is 0 Å². The van der Waals surface area contributed by atoms with Gasteiger partial charge >= 0.3 is 5.97 Å². The van der Waals surface area contributed by atoms with E-state index in [4.69, 9.17) is 5.73 Å². The first-order chi connectivity index (χ1) is 4.08. The second kappa shape index (κ2) is 1.70. The number of ether oxygens (including phenoxy) is 1. The van der Waals surface area contributed by atoms with Crippen molar-refractivity contribution >= 4 is 5.97 Å². The molecular formula is C6H11NO2. The van der Waals surface area contributed by atoms with Gasteiger partial charge in [-0.05, 0) is 13.3 Å². The molecule has 0 aromatic rings. The van der Waals surface area contributed by atoms with Crippen LogP contribution in [-0.2, 0) is 9.53 Å². The van der Waals surface area contributed by atoms with Crippen molar-refractivity contribution in [3.63, 3.8) is 0 Å². The highest BCUT2D eigenvalue weighted by Gasteiger charge is 2.52. The third-order valence-corrected chi connectivity index (χ3v) is 1.77. The van der Waals surface area contributed by atoms with Gasteiger partial charge in [-0.3, -0.25) is 4.79 Å². The summed E-state index contributed by atoms with van der Waals surface area (Å²) in [5.41, 5.74) is 5.30. The zero-order valence-electron chi connectivity index (χ0n) is 5.68. The van der Waals surface area contributed by atoms with E-state index >= 15 is 0 Å². The van der Waals surface area contributed by atoms with Crippen LogP contribution in [0.3, 0.4) is 0 Å². The van der Waals surface area contributed by atoms with Gasteiger partial charge in [-0.15, -0.1) is 0 Å². The van der Waals surface area contributed by atoms with Gasteiger partial charge in [-0.1, -0.05) is 0 Å². The Labute approximate surface area is 54.2 Å². The van der Waals surface area contributed by atoms with Crippen LogP contribution >= 0.6 is 0 Å². The highest BCUT2D eigenvalue weighted by molar-refractivity contribution is 5.77. The van der Waals surface area contributed by atoms with E-state index in [-0.39, 0.29) is 17.4 Å². The zero-order chi connectivity index (χ0) is 7.07. The van der Waals surface area contributed by atoms with E-state index < -0.39 is 0 Å².